The van der Waals surface area contributed by atoms with Crippen LogP contribution in [-0.2, 0) is 17.6 Å². The molecule has 0 radical (unpaired) electrons. The highest BCUT2D eigenvalue weighted by Gasteiger charge is 2.57. The van der Waals surface area contributed by atoms with Gasteiger partial charge in [-0.1, -0.05) is 13.0 Å². The summed E-state index contributed by atoms with van der Waals surface area (Å²) in [5.74, 6) is 3.16. The van der Waals surface area contributed by atoms with E-state index in [1.165, 1.54) is 43.5 Å². The van der Waals surface area contributed by atoms with Gasteiger partial charge in [0.1, 0.15) is 5.75 Å². The van der Waals surface area contributed by atoms with Gasteiger partial charge in [-0.25, -0.2) is 4.79 Å². The summed E-state index contributed by atoms with van der Waals surface area (Å²) in [6.07, 6.45) is 4.76. The molecule has 2 unspecified atom stereocenters. The van der Waals surface area contributed by atoms with E-state index >= 15 is 0 Å². The van der Waals surface area contributed by atoms with E-state index in [-0.39, 0.29) is 6.03 Å². The van der Waals surface area contributed by atoms with Gasteiger partial charge >= 0.3 is 6.03 Å². The van der Waals surface area contributed by atoms with Crippen molar-refractivity contribution in [3.05, 3.63) is 29.3 Å². The van der Waals surface area contributed by atoms with Gasteiger partial charge in [-0.2, -0.15) is 0 Å². The van der Waals surface area contributed by atoms with E-state index in [4.69, 9.17) is 9.47 Å². The van der Waals surface area contributed by atoms with Crippen molar-refractivity contribution >= 4 is 6.03 Å². The number of piperidine rings is 1. The molecule has 6 nitrogen and oxygen atoms in total. The molecule has 4 atom stereocenters. The molecule has 2 saturated heterocycles. The summed E-state index contributed by atoms with van der Waals surface area (Å²) >= 11 is 0. The average Bonchev–Trinajstić information content (AvgIpc) is 3.25. The summed E-state index contributed by atoms with van der Waals surface area (Å²) in [5, 5.41) is 0. The van der Waals surface area contributed by atoms with Crippen molar-refractivity contribution in [1.29, 1.82) is 0 Å². The lowest BCUT2D eigenvalue weighted by molar-refractivity contribution is 0.0436. The minimum atomic E-state index is 0.234. The topological polar surface area (TPSA) is 45.2 Å². The number of benzene rings is 1. The first kappa shape index (κ1) is 21.1. The van der Waals surface area contributed by atoms with Gasteiger partial charge < -0.3 is 19.3 Å². The molecule has 3 fully saturated rings. The number of aryl methyl sites for hydroxylation is 1. The van der Waals surface area contributed by atoms with E-state index in [0.717, 1.165) is 44.3 Å². The van der Waals surface area contributed by atoms with E-state index in [1.54, 1.807) is 7.11 Å². The maximum Gasteiger partial charge on any atom is 0.320 e. The van der Waals surface area contributed by atoms with Crippen molar-refractivity contribution in [1.82, 2.24) is 14.7 Å². The average molecular weight is 428 g/mol. The largest absolute Gasteiger partial charge is 0.497 e. The first-order valence-corrected chi connectivity index (χ1v) is 12.2. The third-order valence-electron chi connectivity index (χ3n) is 8.01. The highest BCUT2D eigenvalue weighted by atomic mass is 16.5. The predicted molar refractivity (Wildman–Crippen MR) is 121 cm³/mol. The van der Waals surface area contributed by atoms with Crippen LogP contribution in [0.2, 0.25) is 0 Å². The number of carbonyl (C=O) groups excluding carboxylic acids is 1. The van der Waals surface area contributed by atoms with Gasteiger partial charge in [-0.15, -0.1) is 0 Å². The van der Waals surface area contributed by atoms with Crippen LogP contribution in [0.3, 0.4) is 0 Å². The number of hydrogen-bond donors (Lipinski definition) is 0. The summed E-state index contributed by atoms with van der Waals surface area (Å²) < 4.78 is 10.9. The second kappa shape index (κ2) is 8.99. The number of fused-ring (bicyclic) bond motifs is 2. The smallest absolute Gasteiger partial charge is 0.320 e. The Morgan fingerprint density at radius 2 is 1.94 bits per heavy atom. The molecule has 1 aromatic carbocycles. The van der Waals surface area contributed by atoms with Gasteiger partial charge in [0, 0.05) is 38.8 Å². The lowest BCUT2D eigenvalue weighted by Gasteiger charge is -2.36. The van der Waals surface area contributed by atoms with Gasteiger partial charge in [0.15, 0.2) is 0 Å². The van der Waals surface area contributed by atoms with Crippen LogP contribution >= 0.6 is 0 Å². The third kappa shape index (κ3) is 4.29. The highest BCUT2D eigenvalue weighted by molar-refractivity contribution is 5.75. The van der Waals surface area contributed by atoms with Gasteiger partial charge in [0.25, 0.3) is 0 Å². The quantitative estimate of drug-likeness (QED) is 0.700. The van der Waals surface area contributed by atoms with Crippen molar-refractivity contribution in [2.24, 2.45) is 17.8 Å². The summed E-state index contributed by atoms with van der Waals surface area (Å²) in [6.45, 7) is 9.42. The van der Waals surface area contributed by atoms with Crippen LogP contribution in [-0.4, -0.2) is 86.4 Å². The molecule has 2 amide bonds. The summed E-state index contributed by atoms with van der Waals surface area (Å²) in [5.41, 5.74) is 2.96. The van der Waals surface area contributed by atoms with Crippen molar-refractivity contribution in [2.45, 2.75) is 38.6 Å². The second-order valence-electron chi connectivity index (χ2n) is 9.80. The number of hydrogen-bond acceptors (Lipinski definition) is 4. The Kier molecular flexibility index (Phi) is 6.11. The van der Waals surface area contributed by atoms with E-state index in [1.807, 2.05) is 4.90 Å². The second-order valence-corrected chi connectivity index (χ2v) is 9.80. The molecule has 31 heavy (non-hydrogen) atoms. The number of morpholine rings is 1. The first-order chi connectivity index (χ1) is 15.2. The predicted octanol–water partition coefficient (Wildman–Crippen LogP) is 2.89. The van der Waals surface area contributed by atoms with Crippen LogP contribution in [0.15, 0.2) is 18.2 Å². The molecule has 1 saturated carbocycles. The first-order valence-electron chi connectivity index (χ1n) is 12.2. The van der Waals surface area contributed by atoms with Gasteiger partial charge in [0.2, 0.25) is 0 Å². The molecule has 0 spiro atoms. The molecule has 4 aliphatic rings. The highest BCUT2D eigenvalue weighted by Crippen LogP contribution is 2.52. The third-order valence-corrected chi connectivity index (χ3v) is 8.01. The lowest BCUT2D eigenvalue weighted by Crippen LogP contribution is -2.48. The summed E-state index contributed by atoms with van der Waals surface area (Å²) in [4.78, 5) is 19.6. The van der Waals surface area contributed by atoms with Crippen LogP contribution in [0.5, 0.6) is 5.75 Å². The number of methoxy groups -OCH3 is 1. The Bertz CT molecular complexity index is 782. The number of likely N-dealkylation sites (tertiary alicyclic amines) is 1. The van der Waals surface area contributed by atoms with Gasteiger partial charge in [-0.3, -0.25) is 4.90 Å². The number of amides is 2. The monoisotopic (exact) mass is 427 g/mol. The summed E-state index contributed by atoms with van der Waals surface area (Å²) in [6, 6.07) is 7.45. The fourth-order valence-electron chi connectivity index (χ4n) is 6.16. The number of nitrogens with zero attached hydrogens (tertiary/aromatic N) is 3. The normalized spacial score (nSPS) is 29.6. The number of carbonyl (C=O) groups is 1. The zero-order valence-corrected chi connectivity index (χ0v) is 19.1. The Morgan fingerprint density at radius 1 is 1.16 bits per heavy atom. The molecule has 6 heteroatoms. The molecule has 2 aliphatic carbocycles. The zero-order valence-electron chi connectivity index (χ0n) is 19.1. The van der Waals surface area contributed by atoms with E-state index in [0.29, 0.717) is 31.1 Å². The van der Waals surface area contributed by atoms with E-state index < -0.39 is 0 Å². The van der Waals surface area contributed by atoms with E-state index in [9.17, 15) is 4.79 Å². The van der Waals surface area contributed by atoms with Crippen LogP contribution < -0.4 is 4.74 Å². The molecular weight excluding hydrogens is 390 g/mol. The Morgan fingerprint density at radius 3 is 2.65 bits per heavy atom. The van der Waals surface area contributed by atoms with Crippen LogP contribution in [0.25, 0.3) is 0 Å². The number of ether oxygens (including phenoxy) is 2. The van der Waals surface area contributed by atoms with Crippen LogP contribution in [0, 0.1) is 17.8 Å². The van der Waals surface area contributed by atoms with Crippen molar-refractivity contribution in [3.8, 4) is 5.75 Å². The number of rotatable bonds is 6. The standard InChI is InChI=1S/C25H37N3O3/c1-3-8-27(20-6-4-18-5-7-21(30-2)14-19(18)13-20)15-22-23-16-28(17-24(22)23)25(29)26-9-11-31-12-10-26/h5,7,14,20,22-24H,3-4,6,8-13,15-17H2,1-2H3/t20-,22?,23+,24?/m1/s1. The lowest BCUT2D eigenvalue weighted by atomic mass is 9.87. The molecular formula is C25H37N3O3. The Labute approximate surface area is 186 Å². The van der Waals surface area contributed by atoms with Crippen molar-refractivity contribution < 1.29 is 14.3 Å². The number of urea groups is 1. The van der Waals surface area contributed by atoms with Crippen LogP contribution in [0.1, 0.15) is 30.9 Å². The Hall–Kier alpha value is -1.79. The van der Waals surface area contributed by atoms with Crippen LogP contribution in [0.4, 0.5) is 4.79 Å². The fraction of sp³-hybridized carbons (Fsp3) is 0.720. The maximum absolute atomic E-state index is 12.8. The molecule has 2 heterocycles. The molecule has 2 aliphatic heterocycles. The minimum absolute atomic E-state index is 0.234. The Balaban J connectivity index is 1.17. The van der Waals surface area contributed by atoms with E-state index in [2.05, 4.69) is 34.9 Å². The van der Waals surface area contributed by atoms with Gasteiger partial charge in [-0.05, 0) is 73.2 Å². The van der Waals surface area contributed by atoms with Crippen molar-refractivity contribution in [3.63, 3.8) is 0 Å². The molecule has 0 N–H and O–H groups in total. The molecule has 5 rings (SSSR count). The fourth-order valence-corrected chi connectivity index (χ4v) is 6.16. The van der Waals surface area contributed by atoms with Gasteiger partial charge in [0.05, 0.1) is 20.3 Å². The molecule has 0 bridgehead atoms. The summed E-state index contributed by atoms with van der Waals surface area (Å²) in [7, 11) is 1.75. The minimum Gasteiger partial charge on any atom is -0.497 e. The van der Waals surface area contributed by atoms with Crippen molar-refractivity contribution in [2.75, 3.05) is 59.6 Å². The molecule has 170 valence electrons. The SMILES string of the molecule is CCCN(CC1C2CN(C(=O)N3CCOCC3)C[C@H]21)[C@@H]1CCc2ccc(OC)cc2C1. The molecule has 0 aromatic heterocycles. The maximum atomic E-state index is 12.8. The molecule has 1 aromatic rings. The zero-order chi connectivity index (χ0) is 21.4.